The van der Waals surface area contributed by atoms with Crippen LogP contribution in [0.25, 0.3) is 0 Å². The summed E-state index contributed by atoms with van der Waals surface area (Å²) in [6, 6.07) is 31.2. The van der Waals surface area contributed by atoms with E-state index in [0.717, 1.165) is 42.2 Å². The normalized spacial score (nSPS) is 14.4. The van der Waals surface area contributed by atoms with Gasteiger partial charge in [0, 0.05) is 25.1 Å². The Morgan fingerprint density at radius 2 is 1.23 bits per heavy atom. The average Bonchev–Trinajstić information content (AvgIpc) is 2.93. The van der Waals surface area contributed by atoms with Crippen molar-refractivity contribution < 1.29 is 0 Å². The summed E-state index contributed by atoms with van der Waals surface area (Å²) in [5.41, 5.74) is 4.56. The van der Waals surface area contributed by atoms with Crippen molar-refractivity contribution in [2.75, 3.05) is 6.54 Å². The third-order valence-electron chi connectivity index (χ3n) is 4.54. The predicted molar refractivity (Wildman–Crippen MR) is 107 cm³/mol. The molecule has 0 aromatic heterocycles. The molecule has 0 unspecified atom stereocenters. The van der Waals surface area contributed by atoms with Crippen molar-refractivity contribution in [1.82, 2.24) is 4.90 Å². The van der Waals surface area contributed by atoms with Gasteiger partial charge in [0.25, 0.3) is 0 Å². The van der Waals surface area contributed by atoms with Gasteiger partial charge in [-0.1, -0.05) is 91.0 Å². The summed E-state index contributed by atoms with van der Waals surface area (Å²) in [4.78, 5) is 2.32. The van der Waals surface area contributed by atoms with E-state index >= 15 is 0 Å². The molecule has 0 saturated heterocycles. The number of amidine groups is 1. The summed E-state index contributed by atoms with van der Waals surface area (Å²) < 4.78 is 0. The molecule has 3 aromatic rings. The van der Waals surface area contributed by atoms with Gasteiger partial charge in [-0.2, -0.15) is 5.10 Å². The molecule has 1 aliphatic heterocycles. The number of rotatable bonds is 4. The molecule has 0 radical (unpaired) electrons. The highest BCUT2D eigenvalue weighted by Gasteiger charge is 2.19. The SMILES string of the molecule is c1ccc(CN2CCC(c3ccccc3)=NN=C2c2ccccc2)cc1. The number of benzene rings is 3. The van der Waals surface area contributed by atoms with E-state index in [1.54, 1.807) is 0 Å². The molecule has 0 aliphatic carbocycles. The molecule has 26 heavy (non-hydrogen) atoms. The molecule has 4 rings (SSSR count). The summed E-state index contributed by atoms with van der Waals surface area (Å²) >= 11 is 0. The maximum atomic E-state index is 4.66. The lowest BCUT2D eigenvalue weighted by Gasteiger charge is -2.24. The molecule has 0 spiro atoms. The molecule has 0 atom stereocenters. The largest absolute Gasteiger partial charge is 0.350 e. The van der Waals surface area contributed by atoms with Crippen LogP contribution in [-0.4, -0.2) is 23.0 Å². The molecule has 128 valence electrons. The zero-order valence-corrected chi connectivity index (χ0v) is 14.6. The van der Waals surface area contributed by atoms with Gasteiger partial charge in [-0.15, -0.1) is 5.10 Å². The quantitative estimate of drug-likeness (QED) is 0.674. The first kappa shape index (κ1) is 16.3. The van der Waals surface area contributed by atoms with Gasteiger partial charge in [0.15, 0.2) is 5.84 Å². The Morgan fingerprint density at radius 3 is 1.88 bits per heavy atom. The van der Waals surface area contributed by atoms with Gasteiger partial charge in [-0.25, -0.2) is 0 Å². The van der Waals surface area contributed by atoms with Crippen molar-refractivity contribution >= 4 is 11.5 Å². The lowest BCUT2D eigenvalue weighted by Crippen LogP contribution is -2.32. The predicted octanol–water partition coefficient (Wildman–Crippen LogP) is 4.74. The molecule has 0 N–H and O–H groups in total. The molecule has 0 saturated carbocycles. The standard InChI is InChI=1S/C23H21N3/c1-4-10-19(11-5-1)18-26-17-16-22(20-12-6-2-7-13-20)24-25-23(26)21-14-8-3-9-15-21/h1-15H,16-18H2. The van der Waals surface area contributed by atoms with Gasteiger partial charge in [-0.3, -0.25) is 0 Å². The van der Waals surface area contributed by atoms with E-state index < -0.39 is 0 Å². The summed E-state index contributed by atoms with van der Waals surface area (Å²) in [6.45, 7) is 1.71. The first-order chi connectivity index (χ1) is 12.9. The Kier molecular flexibility index (Phi) is 4.88. The van der Waals surface area contributed by atoms with Gasteiger partial charge in [-0.05, 0) is 11.1 Å². The zero-order chi connectivity index (χ0) is 17.6. The molecule has 3 nitrogen and oxygen atoms in total. The van der Waals surface area contributed by atoms with Gasteiger partial charge in [0.05, 0.1) is 5.71 Å². The summed E-state index contributed by atoms with van der Waals surface area (Å²) in [5.74, 6) is 0.931. The summed E-state index contributed by atoms with van der Waals surface area (Å²) in [5, 5.41) is 9.27. The highest BCUT2D eigenvalue weighted by atomic mass is 15.3. The van der Waals surface area contributed by atoms with Crippen LogP contribution in [0.2, 0.25) is 0 Å². The second-order valence-corrected chi connectivity index (χ2v) is 6.36. The maximum Gasteiger partial charge on any atom is 0.158 e. The highest BCUT2D eigenvalue weighted by molar-refractivity contribution is 6.04. The van der Waals surface area contributed by atoms with Crippen LogP contribution in [0.5, 0.6) is 0 Å². The van der Waals surface area contributed by atoms with E-state index in [1.807, 2.05) is 36.4 Å². The van der Waals surface area contributed by atoms with Crippen molar-refractivity contribution in [1.29, 1.82) is 0 Å². The molecule has 1 heterocycles. The van der Waals surface area contributed by atoms with E-state index in [1.165, 1.54) is 5.56 Å². The Morgan fingerprint density at radius 1 is 0.654 bits per heavy atom. The second-order valence-electron chi connectivity index (χ2n) is 6.36. The van der Waals surface area contributed by atoms with Crippen LogP contribution >= 0.6 is 0 Å². The number of hydrogen-bond acceptors (Lipinski definition) is 3. The van der Waals surface area contributed by atoms with Crippen molar-refractivity contribution in [3.05, 3.63) is 108 Å². The van der Waals surface area contributed by atoms with Crippen LogP contribution in [0.3, 0.4) is 0 Å². The van der Waals surface area contributed by atoms with Crippen LogP contribution in [0.1, 0.15) is 23.1 Å². The third kappa shape index (κ3) is 3.72. The highest BCUT2D eigenvalue weighted by Crippen LogP contribution is 2.17. The smallest absolute Gasteiger partial charge is 0.158 e. The van der Waals surface area contributed by atoms with Gasteiger partial charge >= 0.3 is 0 Å². The van der Waals surface area contributed by atoms with Crippen LogP contribution in [-0.2, 0) is 6.54 Å². The van der Waals surface area contributed by atoms with Crippen molar-refractivity contribution in [3.63, 3.8) is 0 Å². The van der Waals surface area contributed by atoms with Crippen molar-refractivity contribution in [3.8, 4) is 0 Å². The Labute approximate surface area is 154 Å². The van der Waals surface area contributed by atoms with Crippen molar-refractivity contribution in [2.45, 2.75) is 13.0 Å². The summed E-state index contributed by atoms with van der Waals surface area (Å²) in [6.07, 6.45) is 0.872. The molecule has 0 bridgehead atoms. The van der Waals surface area contributed by atoms with Gasteiger partial charge in [0.1, 0.15) is 0 Å². The molecule has 3 heteroatoms. The lowest BCUT2D eigenvalue weighted by atomic mass is 10.1. The Balaban J connectivity index is 1.68. The monoisotopic (exact) mass is 339 g/mol. The van der Waals surface area contributed by atoms with Crippen LogP contribution in [0.15, 0.2) is 101 Å². The van der Waals surface area contributed by atoms with E-state index in [4.69, 9.17) is 0 Å². The third-order valence-corrected chi connectivity index (χ3v) is 4.54. The first-order valence-electron chi connectivity index (χ1n) is 8.94. The minimum atomic E-state index is 0.826. The van der Waals surface area contributed by atoms with E-state index in [-0.39, 0.29) is 0 Å². The Hall–Kier alpha value is -3.20. The molecule has 0 amide bonds. The number of hydrogen-bond donors (Lipinski definition) is 0. The van der Waals surface area contributed by atoms with Crippen molar-refractivity contribution in [2.24, 2.45) is 10.2 Å². The van der Waals surface area contributed by atoms with Crippen LogP contribution in [0.4, 0.5) is 0 Å². The van der Waals surface area contributed by atoms with Crippen LogP contribution < -0.4 is 0 Å². The molecular formula is C23H21N3. The minimum absolute atomic E-state index is 0.826. The van der Waals surface area contributed by atoms with E-state index in [2.05, 4.69) is 69.7 Å². The average molecular weight is 339 g/mol. The second kappa shape index (κ2) is 7.79. The topological polar surface area (TPSA) is 28.0 Å². The van der Waals surface area contributed by atoms with Gasteiger partial charge < -0.3 is 4.90 Å². The fourth-order valence-corrected chi connectivity index (χ4v) is 3.19. The maximum absolute atomic E-state index is 4.66. The number of nitrogens with zero attached hydrogens (tertiary/aromatic N) is 3. The first-order valence-corrected chi connectivity index (χ1v) is 8.94. The molecule has 1 aliphatic rings. The Bertz CT molecular complexity index is 900. The zero-order valence-electron chi connectivity index (χ0n) is 14.6. The molecule has 0 fully saturated rings. The van der Waals surface area contributed by atoms with Gasteiger partial charge in [0.2, 0.25) is 0 Å². The molecule has 3 aromatic carbocycles. The summed E-state index contributed by atoms with van der Waals surface area (Å²) in [7, 11) is 0. The lowest BCUT2D eigenvalue weighted by molar-refractivity contribution is 0.427. The van der Waals surface area contributed by atoms with Crippen LogP contribution in [0, 0.1) is 0 Å². The fraction of sp³-hybridized carbons (Fsp3) is 0.130. The fourth-order valence-electron chi connectivity index (χ4n) is 3.19. The molecular weight excluding hydrogens is 318 g/mol. The van der Waals surface area contributed by atoms with E-state index in [9.17, 15) is 0 Å². The van der Waals surface area contributed by atoms with E-state index in [0.29, 0.717) is 0 Å². The minimum Gasteiger partial charge on any atom is -0.350 e.